The SMILES string of the molecule is CCOc1ccccc1OCC(=O)Nc1ccc(C(=O)NC)cc1. The summed E-state index contributed by atoms with van der Waals surface area (Å²) in [4.78, 5) is 23.4. The summed E-state index contributed by atoms with van der Waals surface area (Å²) in [5.41, 5.74) is 1.12. The van der Waals surface area contributed by atoms with Crippen LogP contribution in [0.1, 0.15) is 17.3 Å². The van der Waals surface area contributed by atoms with Crippen LogP contribution in [0.4, 0.5) is 5.69 Å². The lowest BCUT2D eigenvalue weighted by Crippen LogP contribution is -2.21. The number of anilines is 1. The minimum absolute atomic E-state index is 0.138. The molecule has 2 N–H and O–H groups in total. The Balaban J connectivity index is 1.91. The Bertz CT molecular complexity index is 698. The van der Waals surface area contributed by atoms with Gasteiger partial charge in [-0.1, -0.05) is 12.1 Å². The number of carbonyl (C=O) groups excluding carboxylic acids is 2. The van der Waals surface area contributed by atoms with Gasteiger partial charge in [0.1, 0.15) is 0 Å². The molecule has 126 valence electrons. The Morgan fingerprint density at radius 2 is 1.58 bits per heavy atom. The lowest BCUT2D eigenvalue weighted by molar-refractivity contribution is -0.118. The third-order valence-electron chi connectivity index (χ3n) is 3.17. The maximum atomic E-state index is 12.0. The summed E-state index contributed by atoms with van der Waals surface area (Å²) in [7, 11) is 1.56. The fraction of sp³-hybridized carbons (Fsp3) is 0.222. The van der Waals surface area contributed by atoms with Gasteiger partial charge in [-0.2, -0.15) is 0 Å². The van der Waals surface area contributed by atoms with E-state index in [0.29, 0.717) is 29.4 Å². The minimum Gasteiger partial charge on any atom is -0.490 e. The summed E-state index contributed by atoms with van der Waals surface area (Å²) >= 11 is 0. The van der Waals surface area contributed by atoms with Crippen LogP contribution in [0.15, 0.2) is 48.5 Å². The number of para-hydroxylation sites is 2. The predicted octanol–water partition coefficient (Wildman–Crippen LogP) is 2.46. The Morgan fingerprint density at radius 3 is 2.17 bits per heavy atom. The summed E-state index contributed by atoms with van der Waals surface area (Å²) in [5.74, 6) is 0.643. The van der Waals surface area contributed by atoms with Gasteiger partial charge in [0.05, 0.1) is 6.61 Å². The molecule has 0 aliphatic rings. The number of carbonyl (C=O) groups is 2. The molecule has 24 heavy (non-hydrogen) atoms. The standard InChI is InChI=1S/C18H20N2O4/c1-3-23-15-6-4-5-7-16(15)24-12-17(21)20-14-10-8-13(9-11-14)18(22)19-2/h4-11H,3,12H2,1-2H3,(H,19,22)(H,20,21). The molecular weight excluding hydrogens is 308 g/mol. The van der Waals surface area contributed by atoms with Crippen molar-refractivity contribution in [2.75, 3.05) is 25.6 Å². The molecule has 0 aromatic heterocycles. The van der Waals surface area contributed by atoms with E-state index in [1.807, 2.05) is 19.1 Å². The summed E-state index contributed by atoms with van der Waals surface area (Å²) in [6, 6.07) is 13.8. The molecule has 0 atom stereocenters. The van der Waals surface area contributed by atoms with E-state index >= 15 is 0 Å². The first kappa shape index (κ1) is 17.3. The highest BCUT2D eigenvalue weighted by atomic mass is 16.5. The van der Waals surface area contributed by atoms with Gasteiger partial charge in [-0.05, 0) is 43.3 Å². The Hall–Kier alpha value is -3.02. The number of nitrogens with one attached hydrogen (secondary N) is 2. The second kappa shape index (κ2) is 8.57. The van der Waals surface area contributed by atoms with Crippen LogP contribution in [-0.2, 0) is 4.79 Å². The molecule has 2 amide bonds. The molecule has 6 heteroatoms. The van der Waals surface area contributed by atoms with Gasteiger partial charge in [0.2, 0.25) is 0 Å². The maximum Gasteiger partial charge on any atom is 0.262 e. The quantitative estimate of drug-likeness (QED) is 0.818. The van der Waals surface area contributed by atoms with Crippen molar-refractivity contribution in [1.29, 1.82) is 0 Å². The Kier molecular flexibility index (Phi) is 6.19. The van der Waals surface area contributed by atoms with Crippen molar-refractivity contribution >= 4 is 17.5 Å². The first-order chi connectivity index (χ1) is 11.6. The van der Waals surface area contributed by atoms with Crippen LogP contribution >= 0.6 is 0 Å². The van der Waals surface area contributed by atoms with Gasteiger partial charge in [-0.25, -0.2) is 0 Å². The van der Waals surface area contributed by atoms with Gasteiger partial charge in [0, 0.05) is 18.3 Å². The van der Waals surface area contributed by atoms with Crippen LogP contribution in [0.25, 0.3) is 0 Å². The normalized spacial score (nSPS) is 9.92. The second-order valence-electron chi connectivity index (χ2n) is 4.87. The highest BCUT2D eigenvalue weighted by Crippen LogP contribution is 2.26. The van der Waals surface area contributed by atoms with Crippen molar-refractivity contribution in [3.05, 3.63) is 54.1 Å². The van der Waals surface area contributed by atoms with Gasteiger partial charge < -0.3 is 20.1 Å². The van der Waals surface area contributed by atoms with Crippen molar-refractivity contribution in [1.82, 2.24) is 5.32 Å². The predicted molar refractivity (Wildman–Crippen MR) is 91.6 cm³/mol. The molecule has 0 bridgehead atoms. The Morgan fingerprint density at radius 1 is 0.958 bits per heavy atom. The third kappa shape index (κ3) is 4.74. The fourth-order valence-electron chi connectivity index (χ4n) is 2.03. The zero-order chi connectivity index (χ0) is 17.4. The van der Waals surface area contributed by atoms with Gasteiger partial charge in [0.25, 0.3) is 11.8 Å². The van der Waals surface area contributed by atoms with Crippen molar-refractivity contribution in [2.45, 2.75) is 6.92 Å². The van der Waals surface area contributed by atoms with Gasteiger partial charge in [-0.3, -0.25) is 9.59 Å². The largest absolute Gasteiger partial charge is 0.490 e. The number of rotatable bonds is 7. The van der Waals surface area contributed by atoms with Gasteiger partial charge >= 0.3 is 0 Å². The summed E-state index contributed by atoms with van der Waals surface area (Å²) in [6.07, 6.45) is 0. The third-order valence-corrected chi connectivity index (χ3v) is 3.17. The van der Waals surface area contributed by atoms with Crippen LogP contribution in [0.3, 0.4) is 0 Å². The average molecular weight is 328 g/mol. The number of amides is 2. The van der Waals surface area contributed by atoms with Gasteiger partial charge in [-0.15, -0.1) is 0 Å². The van der Waals surface area contributed by atoms with Crippen LogP contribution < -0.4 is 20.1 Å². The summed E-state index contributed by atoms with van der Waals surface area (Å²) in [6.45, 7) is 2.26. The number of ether oxygens (including phenoxy) is 2. The molecular formula is C18H20N2O4. The van der Waals surface area contributed by atoms with Crippen molar-refractivity contribution in [2.24, 2.45) is 0 Å². The van der Waals surface area contributed by atoms with E-state index in [2.05, 4.69) is 10.6 Å². The van der Waals surface area contributed by atoms with Gasteiger partial charge in [0.15, 0.2) is 18.1 Å². The fourth-order valence-corrected chi connectivity index (χ4v) is 2.03. The number of hydrogen-bond donors (Lipinski definition) is 2. The van der Waals surface area contributed by atoms with E-state index in [1.165, 1.54) is 0 Å². The molecule has 0 fully saturated rings. The number of hydrogen-bond acceptors (Lipinski definition) is 4. The molecule has 6 nitrogen and oxygen atoms in total. The highest BCUT2D eigenvalue weighted by molar-refractivity contribution is 5.95. The molecule has 0 unspecified atom stereocenters. The molecule has 0 radical (unpaired) electrons. The molecule has 0 saturated heterocycles. The molecule has 0 aliphatic carbocycles. The topological polar surface area (TPSA) is 76.7 Å². The zero-order valence-corrected chi connectivity index (χ0v) is 13.7. The lowest BCUT2D eigenvalue weighted by Gasteiger charge is -2.11. The van der Waals surface area contributed by atoms with Crippen LogP contribution in [-0.4, -0.2) is 32.1 Å². The molecule has 0 spiro atoms. The van der Waals surface area contributed by atoms with E-state index in [1.54, 1.807) is 43.4 Å². The van der Waals surface area contributed by atoms with Crippen LogP contribution in [0.5, 0.6) is 11.5 Å². The maximum absolute atomic E-state index is 12.0. The molecule has 0 saturated carbocycles. The molecule has 2 rings (SSSR count). The smallest absolute Gasteiger partial charge is 0.262 e. The molecule has 2 aromatic carbocycles. The van der Waals surface area contributed by atoms with E-state index in [-0.39, 0.29) is 18.4 Å². The zero-order valence-electron chi connectivity index (χ0n) is 13.7. The molecule has 2 aromatic rings. The highest BCUT2D eigenvalue weighted by Gasteiger charge is 2.08. The first-order valence-electron chi connectivity index (χ1n) is 7.60. The monoisotopic (exact) mass is 328 g/mol. The first-order valence-corrected chi connectivity index (χ1v) is 7.60. The van der Waals surface area contributed by atoms with Crippen molar-refractivity contribution < 1.29 is 19.1 Å². The summed E-state index contributed by atoms with van der Waals surface area (Å²) in [5, 5.41) is 5.25. The summed E-state index contributed by atoms with van der Waals surface area (Å²) < 4.78 is 10.9. The average Bonchev–Trinajstić information content (AvgIpc) is 2.61. The molecule has 0 aliphatic heterocycles. The minimum atomic E-state index is -0.297. The van der Waals surface area contributed by atoms with Crippen molar-refractivity contribution in [3.8, 4) is 11.5 Å². The van der Waals surface area contributed by atoms with E-state index in [4.69, 9.17) is 9.47 Å². The van der Waals surface area contributed by atoms with E-state index < -0.39 is 0 Å². The lowest BCUT2D eigenvalue weighted by atomic mass is 10.2. The Labute approximate surface area is 140 Å². The van der Waals surface area contributed by atoms with E-state index in [9.17, 15) is 9.59 Å². The van der Waals surface area contributed by atoms with E-state index in [0.717, 1.165) is 0 Å². The van der Waals surface area contributed by atoms with Crippen LogP contribution in [0.2, 0.25) is 0 Å². The second-order valence-corrected chi connectivity index (χ2v) is 4.87. The van der Waals surface area contributed by atoms with Crippen molar-refractivity contribution in [3.63, 3.8) is 0 Å². The number of benzene rings is 2. The molecule has 0 heterocycles. The van der Waals surface area contributed by atoms with Crippen LogP contribution in [0, 0.1) is 0 Å².